The molecule has 1 atom stereocenters. The summed E-state index contributed by atoms with van der Waals surface area (Å²) in [4.78, 5) is 10.2. The molecule has 1 aliphatic heterocycles. The van der Waals surface area contributed by atoms with Crippen molar-refractivity contribution in [2.24, 2.45) is 0 Å². The Kier molecular flexibility index (Phi) is 5.51. The molecule has 1 saturated heterocycles. The second-order valence-electron chi connectivity index (χ2n) is 6.78. The SMILES string of the molecule is CCc1nc(CN2CCOC(CO)(Cc3ccccc3F)C2)c(C)[nH]1. The summed E-state index contributed by atoms with van der Waals surface area (Å²) in [5, 5.41) is 9.98. The standard InChI is InChI=1S/C19H26FN3O2/c1-3-18-21-14(2)17(22-18)11-23-8-9-25-19(12-23,13-24)10-15-6-4-5-7-16(15)20/h4-7,24H,3,8-13H2,1-2H3,(H,21,22). The summed E-state index contributed by atoms with van der Waals surface area (Å²) < 4.78 is 19.9. The van der Waals surface area contributed by atoms with Crippen molar-refractivity contribution >= 4 is 0 Å². The molecule has 0 radical (unpaired) electrons. The van der Waals surface area contributed by atoms with Crippen molar-refractivity contribution in [2.75, 3.05) is 26.3 Å². The Morgan fingerprint density at radius 2 is 2.20 bits per heavy atom. The number of aliphatic hydroxyl groups is 1. The van der Waals surface area contributed by atoms with E-state index in [1.54, 1.807) is 12.1 Å². The number of aromatic amines is 1. The number of ether oxygens (including phenoxy) is 1. The van der Waals surface area contributed by atoms with Crippen LogP contribution in [0.15, 0.2) is 24.3 Å². The lowest BCUT2D eigenvalue weighted by molar-refractivity contribution is -0.134. The maximum atomic E-state index is 14.0. The van der Waals surface area contributed by atoms with Crippen LogP contribution in [0.2, 0.25) is 0 Å². The van der Waals surface area contributed by atoms with E-state index in [9.17, 15) is 9.50 Å². The summed E-state index contributed by atoms with van der Waals surface area (Å²) in [6.45, 7) is 6.49. The lowest BCUT2D eigenvalue weighted by Gasteiger charge is -2.41. The van der Waals surface area contributed by atoms with Crippen LogP contribution in [0.1, 0.15) is 29.7 Å². The number of hydrogen-bond donors (Lipinski definition) is 2. The van der Waals surface area contributed by atoms with Crippen LogP contribution in [0, 0.1) is 12.7 Å². The van der Waals surface area contributed by atoms with E-state index in [1.807, 2.05) is 13.0 Å². The Morgan fingerprint density at radius 1 is 1.40 bits per heavy atom. The molecule has 1 aromatic heterocycles. The van der Waals surface area contributed by atoms with Crippen LogP contribution < -0.4 is 0 Å². The molecule has 1 fully saturated rings. The Labute approximate surface area is 147 Å². The number of halogens is 1. The number of imidazole rings is 1. The van der Waals surface area contributed by atoms with Crippen LogP contribution in [-0.2, 0) is 24.1 Å². The third kappa shape index (κ3) is 4.08. The van der Waals surface area contributed by atoms with Gasteiger partial charge in [-0.2, -0.15) is 0 Å². The first-order valence-corrected chi connectivity index (χ1v) is 8.80. The van der Waals surface area contributed by atoms with Gasteiger partial charge in [0.1, 0.15) is 17.2 Å². The largest absolute Gasteiger partial charge is 0.393 e. The Hall–Kier alpha value is -1.76. The summed E-state index contributed by atoms with van der Waals surface area (Å²) in [5.41, 5.74) is 1.89. The molecule has 0 saturated carbocycles. The Morgan fingerprint density at radius 3 is 2.88 bits per heavy atom. The highest BCUT2D eigenvalue weighted by Gasteiger charge is 2.37. The fourth-order valence-corrected chi connectivity index (χ4v) is 3.40. The molecule has 25 heavy (non-hydrogen) atoms. The second kappa shape index (κ2) is 7.64. The molecule has 1 unspecified atom stereocenters. The number of nitrogens with zero attached hydrogens (tertiary/aromatic N) is 2. The first-order valence-electron chi connectivity index (χ1n) is 8.80. The maximum Gasteiger partial charge on any atom is 0.126 e. The van der Waals surface area contributed by atoms with Crippen LogP contribution >= 0.6 is 0 Å². The molecule has 1 aromatic carbocycles. The van der Waals surface area contributed by atoms with Gasteiger partial charge in [-0.05, 0) is 18.6 Å². The van der Waals surface area contributed by atoms with Crippen LogP contribution in [-0.4, -0.2) is 51.9 Å². The van der Waals surface area contributed by atoms with E-state index in [0.29, 0.717) is 31.7 Å². The number of aryl methyl sites for hydroxylation is 2. The fourth-order valence-electron chi connectivity index (χ4n) is 3.40. The van der Waals surface area contributed by atoms with Gasteiger partial charge in [0.25, 0.3) is 0 Å². The molecule has 6 heteroatoms. The minimum absolute atomic E-state index is 0.141. The summed E-state index contributed by atoms with van der Waals surface area (Å²) in [5.74, 6) is 0.729. The summed E-state index contributed by atoms with van der Waals surface area (Å²) in [6, 6.07) is 6.67. The maximum absolute atomic E-state index is 14.0. The molecular weight excluding hydrogens is 321 g/mol. The predicted octanol–water partition coefficient (Wildman–Crippen LogP) is 2.23. The first kappa shape index (κ1) is 18.0. The van der Waals surface area contributed by atoms with Crippen LogP contribution in [0.5, 0.6) is 0 Å². The van der Waals surface area contributed by atoms with E-state index in [-0.39, 0.29) is 12.4 Å². The van der Waals surface area contributed by atoms with Crippen molar-refractivity contribution in [2.45, 2.75) is 38.8 Å². The van der Waals surface area contributed by atoms with Crippen molar-refractivity contribution in [3.8, 4) is 0 Å². The third-order valence-corrected chi connectivity index (χ3v) is 4.83. The summed E-state index contributed by atoms with van der Waals surface area (Å²) in [6.07, 6.45) is 1.23. The molecule has 1 aliphatic rings. The molecule has 0 bridgehead atoms. The van der Waals surface area contributed by atoms with Gasteiger partial charge in [0.15, 0.2) is 0 Å². The monoisotopic (exact) mass is 347 g/mol. The van der Waals surface area contributed by atoms with E-state index in [2.05, 4.69) is 21.8 Å². The molecule has 136 valence electrons. The highest BCUT2D eigenvalue weighted by Crippen LogP contribution is 2.25. The zero-order valence-electron chi connectivity index (χ0n) is 14.9. The van der Waals surface area contributed by atoms with E-state index >= 15 is 0 Å². The van der Waals surface area contributed by atoms with Gasteiger partial charge in [-0.15, -0.1) is 0 Å². The van der Waals surface area contributed by atoms with Gasteiger partial charge in [-0.25, -0.2) is 9.37 Å². The molecule has 5 nitrogen and oxygen atoms in total. The molecule has 2 aromatic rings. The van der Waals surface area contributed by atoms with Gasteiger partial charge in [0.2, 0.25) is 0 Å². The van der Waals surface area contributed by atoms with Crippen molar-refractivity contribution in [3.63, 3.8) is 0 Å². The lowest BCUT2D eigenvalue weighted by atomic mass is 9.92. The van der Waals surface area contributed by atoms with Crippen molar-refractivity contribution in [1.82, 2.24) is 14.9 Å². The quantitative estimate of drug-likeness (QED) is 0.841. The lowest BCUT2D eigenvalue weighted by Crippen LogP contribution is -2.55. The van der Waals surface area contributed by atoms with Crippen molar-refractivity contribution in [3.05, 3.63) is 52.9 Å². The molecule has 0 amide bonds. The normalized spacial score (nSPS) is 21.6. The number of aromatic nitrogens is 2. The van der Waals surface area contributed by atoms with E-state index in [4.69, 9.17) is 4.74 Å². The van der Waals surface area contributed by atoms with Crippen molar-refractivity contribution < 1.29 is 14.2 Å². The molecule has 3 rings (SSSR count). The third-order valence-electron chi connectivity index (χ3n) is 4.83. The van der Waals surface area contributed by atoms with E-state index in [0.717, 1.165) is 30.2 Å². The minimum Gasteiger partial charge on any atom is -0.393 e. The van der Waals surface area contributed by atoms with Gasteiger partial charge in [0, 0.05) is 38.2 Å². The highest BCUT2D eigenvalue weighted by molar-refractivity contribution is 5.20. The predicted molar refractivity (Wildman–Crippen MR) is 93.9 cm³/mol. The van der Waals surface area contributed by atoms with Crippen molar-refractivity contribution in [1.29, 1.82) is 0 Å². The van der Waals surface area contributed by atoms with Gasteiger partial charge in [-0.3, -0.25) is 4.90 Å². The molecule has 0 spiro atoms. The van der Waals surface area contributed by atoms with E-state index < -0.39 is 5.60 Å². The number of rotatable bonds is 6. The van der Waals surface area contributed by atoms with Crippen LogP contribution in [0.4, 0.5) is 4.39 Å². The van der Waals surface area contributed by atoms with Gasteiger partial charge >= 0.3 is 0 Å². The van der Waals surface area contributed by atoms with Crippen LogP contribution in [0.3, 0.4) is 0 Å². The number of aliphatic hydroxyl groups excluding tert-OH is 1. The molecule has 2 N–H and O–H groups in total. The van der Waals surface area contributed by atoms with Gasteiger partial charge in [0.05, 0.1) is 18.9 Å². The topological polar surface area (TPSA) is 61.4 Å². The number of benzene rings is 1. The summed E-state index contributed by atoms with van der Waals surface area (Å²) >= 11 is 0. The number of morpholine rings is 1. The highest BCUT2D eigenvalue weighted by atomic mass is 19.1. The fraction of sp³-hybridized carbons (Fsp3) is 0.526. The minimum atomic E-state index is -0.780. The van der Waals surface area contributed by atoms with Gasteiger partial charge < -0.3 is 14.8 Å². The second-order valence-corrected chi connectivity index (χ2v) is 6.78. The first-order chi connectivity index (χ1) is 12.0. The Balaban J connectivity index is 1.73. The summed E-state index contributed by atoms with van der Waals surface area (Å²) in [7, 11) is 0. The number of nitrogens with one attached hydrogen (secondary N) is 1. The van der Waals surface area contributed by atoms with Crippen LogP contribution in [0.25, 0.3) is 0 Å². The molecule has 0 aliphatic carbocycles. The van der Waals surface area contributed by atoms with Gasteiger partial charge in [-0.1, -0.05) is 25.1 Å². The average Bonchev–Trinajstić information content (AvgIpc) is 2.97. The Bertz CT molecular complexity index is 718. The number of hydrogen-bond acceptors (Lipinski definition) is 4. The molecular formula is C19H26FN3O2. The smallest absolute Gasteiger partial charge is 0.126 e. The zero-order chi connectivity index (χ0) is 17.9. The van der Waals surface area contributed by atoms with E-state index in [1.165, 1.54) is 6.07 Å². The average molecular weight is 347 g/mol. The number of H-pyrrole nitrogens is 1. The molecule has 2 heterocycles. The zero-order valence-corrected chi connectivity index (χ0v) is 14.9.